The van der Waals surface area contributed by atoms with Gasteiger partial charge in [-0.05, 0) is 12.8 Å². The highest BCUT2D eigenvalue weighted by Gasteiger charge is 2.36. The van der Waals surface area contributed by atoms with E-state index in [0.717, 1.165) is 37.6 Å². The van der Waals surface area contributed by atoms with Crippen LogP contribution in [-0.2, 0) is 9.47 Å². The molecule has 1 aromatic heterocycles. The molecule has 1 aliphatic rings. The fourth-order valence-electron chi connectivity index (χ4n) is 3.03. The van der Waals surface area contributed by atoms with Crippen molar-refractivity contribution in [2.24, 2.45) is 5.41 Å². The molecule has 0 saturated heterocycles. The van der Waals surface area contributed by atoms with Gasteiger partial charge in [0.25, 0.3) is 0 Å². The molecule has 0 spiro atoms. The van der Waals surface area contributed by atoms with E-state index >= 15 is 0 Å². The molecule has 0 amide bonds. The van der Waals surface area contributed by atoms with Crippen LogP contribution < -0.4 is 9.47 Å². The number of ether oxygens (including phenoxy) is 4. The maximum atomic E-state index is 6.02. The molecule has 0 saturated carbocycles. The Morgan fingerprint density at radius 3 is 1.77 bits per heavy atom. The van der Waals surface area contributed by atoms with Gasteiger partial charge in [0.05, 0.1) is 18.6 Å². The molecule has 0 N–H and O–H groups in total. The zero-order chi connectivity index (χ0) is 18.5. The van der Waals surface area contributed by atoms with Crippen LogP contribution >= 0.6 is 11.3 Å². The van der Waals surface area contributed by atoms with E-state index in [1.807, 2.05) is 10.8 Å². The molecule has 0 aliphatic carbocycles. The number of unbranched alkanes of at least 4 members (excludes halogenated alkanes) is 6. The second-order valence-electron chi connectivity index (χ2n) is 7.40. The van der Waals surface area contributed by atoms with Gasteiger partial charge < -0.3 is 18.9 Å². The fraction of sp³-hybridized carbons (Fsp3) is 0.810. The zero-order valence-corrected chi connectivity index (χ0v) is 17.4. The maximum absolute atomic E-state index is 6.02. The Labute approximate surface area is 163 Å². The fourth-order valence-corrected chi connectivity index (χ4v) is 3.72. The molecular weight excluding hydrogens is 348 g/mol. The summed E-state index contributed by atoms with van der Waals surface area (Å²) in [6.07, 6.45) is 9.78. The minimum absolute atomic E-state index is 0.230. The molecule has 26 heavy (non-hydrogen) atoms. The monoisotopic (exact) mass is 384 g/mol. The van der Waals surface area contributed by atoms with Crippen molar-refractivity contribution in [2.45, 2.75) is 65.2 Å². The number of hydrogen-bond donors (Lipinski definition) is 0. The van der Waals surface area contributed by atoms with Gasteiger partial charge in [0.15, 0.2) is 11.5 Å². The summed E-state index contributed by atoms with van der Waals surface area (Å²) in [6, 6.07) is 0. The van der Waals surface area contributed by atoms with Gasteiger partial charge in [0.2, 0.25) is 0 Å². The first-order valence-corrected chi connectivity index (χ1v) is 11.2. The Morgan fingerprint density at radius 2 is 1.31 bits per heavy atom. The highest BCUT2D eigenvalue weighted by molar-refractivity contribution is 7.08. The number of hydrogen-bond acceptors (Lipinski definition) is 5. The lowest BCUT2D eigenvalue weighted by Crippen LogP contribution is -2.42. The highest BCUT2D eigenvalue weighted by Crippen LogP contribution is 2.37. The average molecular weight is 385 g/mol. The van der Waals surface area contributed by atoms with Crippen LogP contribution in [0, 0.1) is 5.41 Å². The number of fused-ring (bicyclic) bond motifs is 1. The van der Waals surface area contributed by atoms with E-state index in [0.29, 0.717) is 26.4 Å². The summed E-state index contributed by atoms with van der Waals surface area (Å²) in [5.74, 6) is 1.70. The summed E-state index contributed by atoms with van der Waals surface area (Å²) in [6.45, 7) is 8.49. The molecule has 2 heterocycles. The van der Waals surface area contributed by atoms with E-state index in [4.69, 9.17) is 18.9 Å². The average Bonchev–Trinajstić information content (AvgIpc) is 3.04. The largest absolute Gasteiger partial charge is 0.488 e. The molecule has 150 valence electrons. The van der Waals surface area contributed by atoms with Crippen LogP contribution in [0.4, 0.5) is 0 Å². The second-order valence-corrected chi connectivity index (χ2v) is 8.15. The van der Waals surface area contributed by atoms with Crippen molar-refractivity contribution in [2.75, 3.05) is 39.6 Å². The topological polar surface area (TPSA) is 36.9 Å². The standard InChI is InChI=1S/C21H36O4S/c1-3-5-7-9-11-22-15-21(16-23-12-10-8-6-4-2)17-24-19-13-26-14-20(19)25-18-21/h13-14H,3-12,15-18H2,1-2H3. The summed E-state index contributed by atoms with van der Waals surface area (Å²) < 4.78 is 24.1. The lowest BCUT2D eigenvalue weighted by molar-refractivity contribution is -0.0605. The SMILES string of the molecule is CCCCCCOCC1(COCCCCCC)COc2cscc2OC1. The summed E-state index contributed by atoms with van der Waals surface area (Å²) in [4.78, 5) is 0. The molecule has 1 aromatic rings. The third-order valence-corrected chi connectivity index (χ3v) is 5.46. The molecule has 0 bridgehead atoms. The van der Waals surface area contributed by atoms with Gasteiger partial charge in [-0.2, -0.15) is 0 Å². The molecule has 5 heteroatoms. The second kappa shape index (κ2) is 12.6. The van der Waals surface area contributed by atoms with Crippen molar-refractivity contribution in [3.8, 4) is 11.5 Å². The third kappa shape index (κ3) is 7.45. The van der Waals surface area contributed by atoms with Crippen molar-refractivity contribution < 1.29 is 18.9 Å². The first-order valence-electron chi connectivity index (χ1n) is 10.3. The van der Waals surface area contributed by atoms with Crippen molar-refractivity contribution in [1.29, 1.82) is 0 Å². The Morgan fingerprint density at radius 1 is 0.808 bits per heavy atom. The van der Waals surface area contributed by atoms with E-state index < -0.39 is 0 Å². The lowest BCUT2D eigenvalue weighted by Gasteiger charge is -2.30. The Bertz CT molecular complexity index is 434. The van der Waals surface area contributed by atoms with Gasteiger partial charge in [-0.15, -0.1) is 11.3 Å². The van der Waals surface area contributed by atoms with E-state index in [1.165, 1.54) is 38.5 Å². The first-order chi connectivity index (χ1) is 12.8. The molecule has 4 nitrogen and oxygen atoms in total. The minimum Gasteiger partial charge on any atom is -0.488 e. The van der Waals surface area contributed by atoms with Crippen molar-refractivity contribution in [3.05, 3.63) is 10.8 Å². The summed E-state index contributed by atoms with van der Waals surface area (Å²) in [5.41, 5.74) is -0.230. The van der Waals surface area contributed by atoms with Crippen LogP contribution in [0.2, 0.25) is 0 Å². The Hall–Kier alpha value is -0.780. The third-order valence-electron chi connectivity index (χ3n) is 4.76. The summed E-state index contributed by atoms with van der Waals surface area (Å²) in [7, 11) is 0. The molecular formula is C21H36O4S. The van der Waals surface area contributed by atoms with Crippen LogP contribution in [0.5, 0.6) is 11.5 Å². The van der Waals surface area contributed by atoms with Crippen LogP contribution in [0.15, 0.2) is 10.8 Å². The zero-order valence-electron chi connectivity index (χ0n) is 16.6. The minimum atomic E-state index is -0.230. The molecule has 1 aliphatic heterocycles. The van der Waals surface area contributed by atoms with Gasteiger partial charge in [0, 0.05) is 24.0 Å². The smallest absolute Gasteiger partial charge is 0.171 e. The predicted octanol–water partition coefficient (Wildman–Crippen LogP) is 5.70. The normalized spacial score (nSPS) is 15.8. The number of rotatable bonds is 14. The van der Waals surface area contributed by atoms with Crippen LogP contribution in [0.1, 0.15) is 65.2 Å². The van der Waals surface area contributed by atoms with Gasteiger partial charge in [-0.3, -0.25) is 0 Å². The van der Waals surface area contributed by atoms with Crippen LogP contribution in [0.3, 0.4) is 0 Å². The first kappa shape index (κ1) is 21.5. The van der Waals surface area contributed by atoms with Crippen molar-refractivity contribution in [3.63, 3.8) is 0 Å². The Balaban J connectivity index is 1.79. The molecule has 0 radical (unpaired) electrons. The van der Waals surface area contributed by atoms with Gasteiger partial charge in [-0.25, -0.2) is 0 Å². The molecule has 0 unspecified atom stereocenters. The van der Waals surface area contributed by atoms with E-state index in [1.54, 1.807) is 11.3 Å². The molecule has 0 atom stereocenters. The lowest BCUT2D eigenvalue weighted by atomic mass is 9.92. The Kier molecular flexibility index (Phi) is 10.4. The van der Waals surface area contributed by atoms with E-state index in [2.05, 4.69) is 13.8 Å². The van der Waals surface area contributed by atoms with E-state index in [-0.39, 0.29) is 5.41 Å². The van der Waals surface area contributed by atoms with Gasteiger partial charge in [0.1, 0.15) is 13.2 Å². The quantitative estimate of drug-likeness (QED) is 0.386. The summed E-state index contributed by atoms with van der Waals surface area (Å²) >= 11 is 1.61. The van der Waals surface area contributed by atoms with Crippen molar-refractivity contribution in [1.82, 2.24) is 0 Å². The van der Waals surface area contributed by atoms with Crippen LogP contribution in [-0.4, -0.2) is 39.6 Å². The molecule has 0 aromatic carbocycles. The maximum Gasteiger partial charge on any atom is 0.171 e. The summed E-state index contributed by atoms with van der Waals surface area (Å²) in [5, 5.41) is 4.01. The van der Waals surface area contributed by atoms with E-state index in [9.17, 15) is 0 Å². The van der Waals surface area contributed by atoms with Crippen LogP contribution in [0.25, 0.3) is 0 Å². The molecule has 0 fully saturated rings. The highest BCUT2D eigenvalue weighted by atomic mass is 32.1. The molecule has 2 rings (SSSR count). The predicted molar refractivity (Wildman–Crippen MR) is 108 cm³/mol. The van der Waals surface area contributed by atoms with Gasteiger partial charge >= 0.3 is 0 Å². The number of thiophene rings is 1. The van der Waals surface area contributed by atoms with Gasteiger partial charge in [-0.1, -0.05) is 52.4 Å². The van der Waals surface area contributed by atoms with Crippen molar-refractivity contribution >= 4 is 11.3 Å².